The summed E-state index contributed by atoms with van der Waals surface area (Å²) in [5.74, 6) is 0.342. The fourth-order valence-corrected chi connectivity index (χ4v) is 3.42. The third-order valence-electron chi connectivity index (χ3n) is 4.96. The smallest absolute Gasteiger partial charge is 0.278 e. The van der Waals surface area contributed by atoms with Crippen molar-refractivity contribution in [3.63, 3.8) is 0 Å². The zero-order chi connectivity index (χ0) is 21.3. The Balaban J connectivity index is 1.89. The number of aromatic nitrogens is 3. The Morgan fingerprint density at radius 1 is 1.37 bits per heavy atom. The summed E-state index contributed by atoms with van der Waals surface area (Å²) in [5.41, 5.74) is 7.92. The van der Waals surface area contributed by atoms with Crippen LogP contribution in [0, 0.1) is 6.92 Å². The normalized spacial score (nSPS) is 11.3. The minimum absolute atomic E-state index is 0.0611. The van der Waals surface area contributed by atoms with Gasteiger partial charge in [0.25, 0.3) is 17.1 Å². The molecule has 30 heavy (non-hydrogen) atoms. The number of anilines is 1. The van der Waals surface area contributed by atoms with Gasteiger partial charge in [0.05, 0.1) is 19.4 Å². The highest BCUT2D eigenvalue weighted by Gasteiger charge is 2.24. The molecule has 154 valence electrons. The molecule has 4 heterocycles. The second-order valence-corrected chi connectivity index (χ2v) is 6.97. The SMILES string of the molecule is Cc1cccn2c(=O)c3cc(C(=O)NCc4ccco4)c(N)[n+](CCCO)c3nc12. The minimum Gasteiger partial charge on any atom is -0.467 e. The van der Waals surface area contributed by atoms with Crippen LogP contribution >= 0.6 is 0 Å². The summed E-state index contributed by atoms with van der Waals surface area (Å²) in [6.07, 6.45) is 3.56. The number of carbonyl (C=O) groups excluding carboxylic acids is 1. The van der Waals surface area contributed by atoms with Crippen molar-refractivity contribution in [2.45, 2.75) is 26.4 Å². The van der Waals surface area contributed by atoms with Gasteiger partial charge in [-0.1, -0.05) is 11.1 Å². The van der Waals surface area contributed by atoms with Crippen LogP contribution in [0.15, 0.2) is 52.0 Å². The van der Waals surface area contributed by atoms with Crippen molar-refractivity contribution in [3.8, 4) is 0 Å². The van der Waals surface area contributed by atoms with Crippen LogP contribution in [0.3, 0.4) is 0 Å². The third kappa shape index (κ3) is 3.39. The number of aliphatic hydroxyl groups excluding tert-OH is 1. The highest BCUT2D eigenvalue weighted by Crippen LogP contribution is 2.16. The number of hydrogen-bond donors (Lipinski definition) is 3. The number of rotatable bonds is 6. The van der Waals surface area contributed by atoms with Crippen LogP contribution in [0.1, 0.15) is 28.1 Å². The summed E-state index contributed by atoms with van der Waals surface area (Å²) in [6.45, 7) is 2.31. The largest absolute Gasteiger partial charge is 0.467 e. The number of furan rings is 1. The molecule has 0 aliphatic heterocycles. The van der Waals surface area contributed by atoms with E-state index >= 15 is 0 Å². The Labute approximate surface area is 171 Å². The van der Waals surface area contributed by atoms with Crippen LogP contribution in [0.2, 0.25) is 0 Å². The summed E-state index contributed by atoms with van der Waals surface area (Å²) in [6, 6.07) is 8.59. The quantitative estimate of drug-likeness (QED) is 0.322. The third-order valence-corrected chi connectivity index (χ3v) is 4.96. The van der Waals surface area contributed by atoms with Gasteiger partial charge in [0.15, 0.2) is 0 Å². The molecule has 0 aromatic carbocycles. The maximum atomic E-state index is 13.2. The predicted molar refractivity (Wildman–Crippen MR) is 110 cm³/mol. The van der Waals surface area contributed by atoms with E-state index in [2.05, 4.69) is 10.3 Å². The number of aliphatic hydroxyl groups is 1. The van der Waals surface area contributed by atoms with Gasteiger partial charge in [0.1, 0.15) is 16.7 Å². The molecule has 9 heteroatoms. The van der Waals surface area contributed by atoms with Gasteiger partial charge in [-0.2, -0.15) is 0 Å². The van der Waals surface area contributed by atoms with E-state index in [1.54, 1.807) is 29.0 Å². The maximum Gasteiger partial charge on any atom is 0.278 e. The standard InChI is InChI=1S/C21H21N5O4/c1-13-5-2-7-26-18(13)24-19-16(21(26)29)11-15(17(22)25(19)8-4-9-27)20(28)23-12-14-6-3-10-30-14/h2-3,5-7,10-11,22,27H,4,8-9,12H2,1H3,(H,23,28)/p+1. The van der Waals surface area contributed by atoms with Crippen LogP contribution in [0.5, 0.6) is 0 Å². The number of carbonyl (C=O) groups is 1. The summed E-state index contributed by atoms with van der Waals surface area (Å²) >= 11 is 0. The first kappa shape index (κ1) is 19.6. The van der Waals surface area contributed by atoms with Crippen LogP contribution < -0.4 is 21.2 Å². The molecule has 0 unspecified atom stereocenters. The van der Waals surface area contributed by atoms with Gasteiger partial charge in [-0.25, -0.2) is 4.57 Å². The molecule has 0 fully saturated rings. The van der Waals surface area contributed by atoms with Crippen LogP contribution in [-0.2, 0) is 13.1 Å². The Morgan fingerprint density at radius 2 is 2.20 bits per heavy atom. The average Bonchev–Trinajstić information content (AvgIpc) is 3.26. The lowest BCUT2D eigenvalue weighted by atomic mass is 10.1. The van der Waals surface area contributed by atoms with Crippen molar-refractivity contribution in [1.29, 1.82) is 0 Å². The van der Waals surface area contributed by atoms with Crippen molar-refractivity contribution in [3.05, 3.63) is 70.0 Å². The predicted octanol–water partition coefficient (Wildman–Crippen LogP) is 0.931. The van der Waals surface area contributed by atoms with Crippen LogP contribution in [0.4, 0.5) is 5.82 Å². The summed E-state index contributed by atoms with van der Waals surface area (Å²) in [7, 11) is 0. The van der Waals surface area contributed by atoms with Crippen molar-refractivity contribution >= 4 is 28.4 Å². The Kier molecular flexibility index (Phi) is 5.20. The molecule has 0 saturated heterocycles. The fourth-order valence-electron chi connectivity index (χ4n) is 3.42. The zero-order valence-corrected chi connectivity index (χ0v) is 16.5. The van der Waals surface area contributed by atoms with E-state index in [1.807, 2.05) is 13.0 Å². The molecule has 4 aromatic heterocycles. The Morgan fingerprint density at radius 3 is 2.93 bits per heavy atom. The van der Waals surface area contributed by atoms with Gasteiger partial charge >= 0.3 is 0 Å². The van der Waals surface area contributed by atoms with Crippen molar-refractivity contribution in [1.82, 2.24) is 14.7 Å². The highest BCUT2D eigenvalue weighted by atomic mass is 16.3. The molecular formula is C21H22N5O4+. The molecule has 0 aliphatic rings. The number of fused-ring (bicyclic) bond motifs is 2. The lowest BCUT2D eigenvalue weighted by molar-refractivity contribution is -0.659. The molecular weight excluding hydrogens is 386 g/mol. The molecule has 4 aromatic rings. The lowest BCUT2D eigenvalue weighted by Crippen LogP contribution is -2.43. The van der Waals surface area contributed by atoms with E-state index in [0.29, 0.717) is 30.0 Å². The molecule has 1 amide bonds. The van der Waals surface area contributed by atoms with Gasteiger partial charge in [-0.15, -0.1) is 0 Å². The van der Waals surface area contributed by atoms with Gasteiger partial charge in [-0.05, 0) is 31.2 Å². The number of nitrogens with two attached hydrogens (primary N) is 1. The number of pyridine rings is 2. The van der Waals surface area contributed by atoms with Gasteiger partial charge < -0.3 is 20.6 Å². The number of amides is 1. The number of nitrogens with one attached hydrogen (secondary N) is 1. The minimum atomic E-state index is -0.433. The van der Waals surface area contributed by atoms with E-state index in [-0.39, 0.29) is 35.5 Å². The molecule has 0 radical (unpaired) electrons. The Hall–Kier alpha value is -3.72. The van der Waals surface area contributed by atoms with Crippen LogP contribution in [0.25, 0.3) is 16.7 Å². The molecule has 4 N–H and O–H groups in total. The van der Waals surface area contributed by atoms with E-state index in [9.17, 15) is 14.7 Å². The lowest BCUT2D eigenvalue weighted by Gasteiger charge is -2.12. The van der Waals surface area contributed by atoms with Gasteiger partial charge in [0.2, 0.25) is 11.5 Å². The number of aryl methyl sites for hydroxylation is 2. The summed E-state index contributed by atoms with van der Waals surface area (Å²) in [5, 5.41) is 12.3. The number of nitrogens with zero attached hydrogens (tertiary/aromatic N) is 3. The van der Waals surface area contributed by atoms with Crippen molar-refractivity contribution < 1.29 is 18.9 Å². The van der Waals surface area contributed by atoms with E-state index in [0.717, 1.165) is 5.56 Å². The molecule has 4 rings (SSSR count). The summed E-state index contributed by atoms with van der Waals surface area (Å²) < 4.78 is 8.30. The number of nitrogen functional groups attached to an aromatic ring is 1. The molecule has 0 bridgehead atoms. The fraction of sp³-hybridized carbons (Fsp3) is 0.238. The zero-order valence-electron chi connectivity index (χ0n) is 16.5. The summed E-state index contributed by atoms with van der Waals surface area (Å²) in [4.78, 5) is 30.7. The van der Waals surface area contributed by atoms with Crippen molar-refractivity contribution in [2.24, 2.45) is 0 Å². The number of hydrogen-bond acceptors (Lipinski definition) is 6. The van der Waals surface area contributed by atoms with Gasteiger partial charge in [-0.3, -0.25) is 14.0 Å². The van der Waals surface area contributed by atoms with E-state index in [4.69, 9.17) is 10.2 Å². The molecule has 0 atom stereocenters. The van der Waals surface area contributed by atoms with Crippen molar-refractivity contribution in [2.75, 3.05) is 12.3 Å². The molecule has 9 nitrogen and oxygen atoms in total. The van der Waals surface area contributed by atoms with Gasteiger partial charge in [0, 0.05) is 24.8 Å². The first-order chi connectivity index (χ1) is 14.5. The topological polar surface area (TPSA) is 127 Å². The second-order valence-electron chi connectivity index (χ2n) is 6.97. The van der Waals surface area contributed by atoms with E-state index < -0.39 is 5.91 Å². The monoisotopic (exact) mass is 408 g/mol. The molecule has 0 spiro atoms. The first-order valence-electron chi connectivity index (χ1n) is 9.56. The maximum absolute atomic E-state index is 13.2. The highest BCUT2D eigenvalue weighted by molar-refractivity contribution is 6.00. The second kappa shape index (κ2) is 7.96. The van der Waals surface area contributed by atoms with E-state index in [1.165, 1.54) is 16.7 Å². The molecule has 0 aliphatic carbocycles. The molecule has 0 saturated carbocycles. The Bertz CT molecular complexity index is 1290. The first-order valence-corrected chi connectivity index (χ1v) is 9.56. The van der Waals surface area contributed by atoms with Crippen LogP contribution in [-0.4, -0.2) is 27.0 Å². The average molecular weight is 408 g/mol.